The summed E-state index contributed by atoms with van der Waals surface area (Å²) in [7, 11) is 1.57. The molecule has 6 heteroatoms. The summed E-state index contributed by atoms with van der Waals surface area (Å²) in [6.45, 7) is 0.518. The van der Waals surface area contributed by atoms with Crippen molar-refractivity contribution in [2.24, 2.45) is 5.73 Å². The summed E-state index contributed by atoms with van der Waals surface area (Å²) in [5.74, 6) is -0.991. The monoisotopic (exact) mass is 203 g/mol. The Balaban J connectivity index is 3.83. The van der Waals surface area contributed by atoms with Gasteiger partial charge in [-0.2, -0.15) is 0 Å². The molecule has 0 heterocycles. The van der Waals surface area contributed by atoms with E-state index in [1.165, 1.54) is 0 Å². The van der Waals surface area contributed by atoms with Gasteiger partial charge in [0.25, 0.3) is 0 Å². The minimum Gasteiger partial charge on any atom is -0.481 e. The molecule has 0 saturated carbocycles. The Bertz CT molecular complexity index is 196. The van der Waals surface area contributed by atoms with Crippen LogP contribution in [0.15, 0.2) is 0 Å². The summed E-state index contributed by atoms with van der Waals surface area (Å²) in [5, 5.41) is 18.2. The van der Waals surface area contributed by atoms with Crippen molar-refractivity contribution in [3.8, 4) is 0 Å². The molecule has 0 radical (unpaired) electrons. The van der Waals surface area contributed by atoms with Gasteiger partial charge in [0.05, 0.1) is 0 Å². The Morgan fingerprint density at radius 3 is 2.71 bits per heavy atom. The van der Waals surface area contributed by atoms with Crippen LogP contribution in [-0.4, -0.2) is 36.8 Å². The summed E-state index contributed by atoms with van der Waals surface area (Å²) >= 11 is 0. The first-order valence-electron chi connectivity index (χ1n) is 4.37. The molecule has 0 aliphatic rings. The summed E-state index contributed by atoms with van der Waals surface area (Å²) in [6.07, 6.45) is 1.15. The molecule has 0 aromatic carbocycles. The molecule has 0 aromatic rings. The van der Waals surface area contributed by atoms with Crippen molar-refractivity contribution in [3.05, 3.63) is 0 Å². The normalized spacial score (nSPS) is 12.1. The Morgan fingerprint density at radius 1 is 1.64 bits per heavy atom. The molecule has 6 nitrogen and oxygen atoms in total. The van der Waals surface area contributed by atoms with Gasteiger partial charge in [-0.15, -0.1) is 0 Å². The molecule has 0 aliphatic carbocycles. The predicted octanol–water partition coefficient (Wildman–Crippen LogP) is -0.261. The molecule has 0 fully saturated rings. The van der Waals surface area contributed by atoms with Crippen molar-refractivity contribution < 1.29 is 14.6 Å². The molecule has 0 aliphatic heterocycles. The Morgan fingerprint density at radius 2 is 2.29 bits per heavy atom. The van der Waals surface area contributed by atoms with Crippen LogP contribution in [0.5, 0.6) is 0 Å². The maximum Gasteiger partial charge on any atom is 0.303 e. The van der Waals surface area contributed by atoms with E-state index in [1.807, 2.05) is 0 Å². The van der Waals surface area contributed by atoms with Crippen LogP contribution >= 0.6 is 0 Å². The lowest BCUT2D eigenvalue weighted by Crippen LogP contribution is -2.40. The molecular formula is C8H17N3O3. The number of carboxylic acid groups (broad SMARTS) is 1. The van der Waals surface area contributed by atoms with Gasteiger partial charge in [-0.05, 0) is 12.8 Å². The number of nitrogens with two attached hydrogens (primary N) is 1. The van der Waals surface area contributed by atoms with Gasteiger partial charge in [-0.25, -0.2) is 0 Å². The molecule has 0 aromatic heterocycles. The van der Waals surface area contributed by atoms with Gasteiger partial charge in [0.2, 0.25) is 0 Å². The van der Waals surface area contributed by atoms with Crippen LogP contribution in [0.4, 0.5) is 0 Å². The van der Waals surface area contributed by atoms with Gasteiger partial charge >= 0.3 is 5.97 Å². The highest BCUT2D eigenvalue weighted by atomic mass is 16.5. The second kappa shape index (κ2) is 7.14. The van der Waals surface area contributed by atoms with Gasteiger partial charge < -0.3 is 20.9 Å². The molecule has 0 saturated heterocycles. The third-order valence-electron chi connectivity index (χ3n) is 1.74. The zero-order valence-electron chi connectivity index (χ0n) is 8.25. The largest absolute Gasteiger partial charge is 0.481 e. The SMILES string of the molecule is COCCC(CCC(=O)O)NC(=N)N. The number of hydrogen-bond donors (Lipinski definition) is 4. The van der Waals surface area contributed by atoms with Crippen molar-refractivity contribution in [1.29, 1.82) is 5.41 Å². The number of methoxy groups -OCH3 is 1. The number of hydrogen-bond acceptors (Lipinski definition) is 3. The van der Waals surface area contributed by atoms with Crippen LogP contribution in [0, 0.1) is 5.41 Å². The summed E-state index contributed by atoms with van der Waals surface area (Å²) < 4.78 is 4.86. The van der Waals surface area contributed by atoms with Crippen molar-refractivity contribution in [2.45, 2.75) is 25.3 Å². The molecule has 14 heavy (non-hydrogen) atoms. The van der Waals surface area contributed by atoms with E-state index in [4.69, 9.17) is 21.0 Å². The van der Waals surface area contributed by atoms with Gasteiger partial charge in [0.1, 0.15) is 0 Å². The van der Waals surface area contributed by atoms with Crippen molar-refractivity contribution >= 4 is 11.9 Å². The number of ether oxygens (including phenoxy) is 1. The van der Waals surface area contributed by atoms with Gasteiger partial charge in [0, 0.05) is 26.2 Å². The first kappa shape index (κ1) is 12.7. The van der Waals surface area contributed by atoms with Crippen molar-refractivity contribution in [1.82, 2.24) is 5.32 Å². The minimum atomic E-state index is -0.849. The fourth-order valence-corrected chi connectivity index (χ4v) is 1.07. The zero-order valence-corrected chi connectivity index (χ0v) is 8.25. The number of nitrogens with one attached hydrogen (secondary N) is 2. The average Bonchev–Trinajstić information content (AvgIpc) is 2.09. The maximum atomic E-state index is 10.3. The first-order chi connectivity index (χ1) is 6.56. The van der Waals surface area contributed by atoms with E-state index in [9.17, 15) is 4.79 Å². The fraction of sp³-hybridized carbons (Fsp3) is 0.750. The Labute approximate surface area is 82.9 Å². The van der Waals surface area contributed by atoms with Crippen LogP contribution in [0.2, 0.25) is 0 Å². The lowest BCUT2D eigenvalue weighted by Gasteiger charge is -2.17. The standard InChI is InChI=1S/C8H17N3O3/c1-14-5-4-6(11-8(9)10)2-3-7(12)13/h6H,2-5H2,1H3,(H,12,13)(H4,9,10,11). The first-order valence-corrected chi connectivity index (χ1v) is 4.37. The van der Waals surface area contributed by atoms with Crippen LogP contribution < -0.4 is 11.1 Å². The van der Waals surface area contributed by atoms with E-state index in [0.29, 0.717) is 19.4 Å². The van der Waals surface area contributed by atoms with E-state index in [0.717, 1.165) is 0 Å². The van der Waals surface area contributed by atoms with Crippen LogP contribution in [0.3, 0.4) is 0 Å². The van der Waals surface area contributed by atoms with Crippen LogP contribution in [-0.2, 0) is 9.53 Å². The smallest absolute Gasteiger partial charge is 0.303 e. The number of aliphatic carboxylic acids is 1. The highest BCUT2D eigenvalue weighted by Gasteiger charge is 2.10. The minimum absolute atomic E-state index is 0.0641. The number of carboxylic acids is 1. The molecule has 1 atom stereocenters. The van der Waals surface area contributed by atoms with Gasteiger partial charge in [-0.1, -0.05) is 0 Å². The molecule has 0 amide bonds. The molecule has 5 N–H and O–H groups in total. The van der Waals surface area contributed by atoms with E-state index in [-0.39, 0.29) is 18.4 Å². The van der Waals surface area contributed by atoms with Crippen LogP contribution in [0.1, 0.15) is 19.3 Å². The second-order valence-corrected chi connectivity index (χ2v) is 2.97. The number of guanidine groups is 1. The lowest BCUT2D eigenvalue weighted by molar-refractivity contribution is -0.137. The van der Waals surface area contributed by atoms with E-state index < -0.39 is 5.97 Å². The van der Waals surface area contributed by atoms with Gasteiger partial charge in [-0.3, -0.25) is 10.2 Å². The quantitative estimate of drug-likeness (QED) is 0.337. The maximum absolute atomic E-state index is 10.3. The summed E-state index contributed by atoms with van der Waals surface area (Å²) in [4.78, 5) is 10.3. The fourth-order valence-electron chi connectivity index (χ4n) is 1.07. The molecule has 0 bridgehead atoms. The molecule has 82 valence electrons. The lowest BCUT2D eigenvalue weighted by atomic mass is 10.1. The highest BCUT2D eigenvalue weighted by molar-refractivity contribution is 5.74. The number of carbonyl (C=O) groups is 1. The van der Waals surface area contributed by atoms with E-state index in [1.54, 1.807) is 7.11 Å². The average molecular weight is 203 g/mol. The molecule has 0 rings (SSSR count). The van der Waals surface area contributed by atoms with Gasteiger partial charge in [0.15, 0.2) is 5.96 Å². The molecular weight excluding hydrogens is 186 g/mol. The van der Waals surface area contributed by atoms with Crippen molar-refractivity contribution in [2.75, 3.05) is 13.7 Å². The third kappa shape index (κ3) is 7.35. The topological polar surface area (TPSA) is 108 Å². The van der Waals surface area contributed by atoms with Crippen molar-refractivity contribution in [3.63, 3.8) is 0 Å². The van der Waals surface area contributed by atoms with E-state index >= 15 is 0 Å². The number of rotatable bonds is 7. The summed E-state index contributed by atoms with van der Waals surface area (Å²) in [6, 6.07) is -0.108. The molecule has 0 spiro atoms. The summed E-state index contributed by atoms with van der Waals surface area (Å²) in [5.41, 5.74) is 5.16. The highest BCUT2D eigenvalue weighted by Crippen LogP contribution is 2.02. The zero-order chi connectivity index (χ0) is 11.0. The Kier molecular flexibility index (Phi) is 6.47. The predicted molar refractivity (Wildman–Crippen MR) is 52.2 cm³/mol. The van der Waals surface area contributed by atoms with Crippen LogP contribution in [0.25, 0.3) is 0 Å². The molecule has 1 unspecified atom stereocenters. The second-order valence-electron chi connectivity index (χ2n) is 2.97. The third-order valence-corrected chi connectivity index (χ3v) is 1.74. The van der Waals surface area contributed by atoms with E-state index in [2.05, 4.69) is 5.32 Å². The Hall–Kier alpha value is -1.30.